The molecule has 0 saturated heterocycles. The number of pyridine rings is 4. The fourth-order valence-electron chi connectivity index (χ4n) is 3.24. The van der Waals surface area contributed by atoms with Crippen LogP contribution < -0.4 is 63.8 Å². The molecule has 35 nitrogen and oxygen atoms in total. The first-order valence-corrected chi connectivity index (χ1v) is 16.6. The third-order valence-electron chi connectivity index (χ3n) is 5.91. The van der Waals surface area contributed by atoms with Crippen LogP contribution in [-0.4, -0.2) is 153 Å². The molecule has 0 spiro atoms. The molecule has 4 rings (SSSR count). The summed E-state index contributed by atoms with van der Waals surface area (Å²) in [5, 5.41) is 117. The Hall–Kier alpha value is -7.63. The Balaban J connectivity index is -0.0000000679. The van der Waals surface area contributed by atoms with E-state index in [1.54, 1.807) is 0 Å². The van der Waals surface area contributed by atoms with Crippen LogP contribution in [0.1, 0.15) is 96.7 Å². The van der Waals surface area contributed by atoms with Gasteiger partial charge in [0.1, 0.15) is 22.9 Å². The molecule has 392 valence electrons. The summed E-state index contributed by atoms with van der Waals surface area (Å²) in [7, 11) is 0. The maximum absolute atomic E-state index is 10.7. The van der Waals surface area contributed by atoms with Crippen LogP contribution in [0.15, 0.2) is 48.5 Å². The number of rotatable bonds is 12. The standard InChI is InChI=1S/4C7H5NO5.2C3H10N2.7H2O.2Zn/c4*9-3-1-4(6(10)11)8-5(2-3)7(12)13;2*4-2-1-3-5;;;;;;;;;/h4*1-2H,(H,8,9)(H,10,11)(H,12,13);2*1-5H2;7*1H2;;/q;;;;;;;;;;;;;2*+2/p-4. The number of aromatic hydroxyl groups is 2. The van der Waals surface area contributed by atoms with Gasteiger partial charge in [-0.25, -0.2) is 29.5 Å². The number of carbonyl (C=O) groups excluding carboxylic acids is 6. The minimum Gasteiger partial charge on any atom is -0.872 e. The van der Waals surface area contributed by atoms with Gasteiger partial charge in [0, 0.05) is 37.1 Å². The van der Waals surface area contributed by atoms with Crippen LogP contribution in [0, 0.1) is 0 Å². The maximum Gasteiger partial charge on any atom is 2.00 e. The van der Waals surface area contributed by atoms with Gasteiger partial charge < -0.3 is 151 Å². The van der Waals surface area contributed by atoms with Gasteiger partial charge in [-0.05, 0) is 24.3 Å². The summed E-state index contributed by atoms with van der Waals surface area (Å²) in [6.45, 7) is 4.12. The molecule has 0 saturated carbocycles. The summed E-state index contributed by atoms with van der Waals surface area (Å²) in [6.07, 6.45) is 2.33. The molecular weight excluding hydrogens is 1080 g/mol. The fraction of sp³-hybridized carbons (Fsp3) is 0.176. The quantitative estimate of drug-likeness (QED) is 0.0611. The van der Waals surface area contributed by atoms with Gasteiger partial charge in [0.05, 0.1) is 96.2 Å². The second-order valence-corrected chi connectivity index (χ2v) is 10.8. The van der Waals surface area contributed by atoms with Gasteiger partial charge in [0.25, 0.3) is 0 Å². The minimum atomic E-state index is -1.68. The van der Waals surface area contributed by atoms with Crippen molar-refractivity contribution < 1.29 is 200 Å². The van der Waals surface area contributed by atoms with Crippen LogP contribution in [0.2, 0.25) is 0 Å². The number of aromatic carboxylic acids is 8. The first-order valence-electron chi connectivity index (χ1n) is 16.6. The van der Waals surface area contributed by atoms with E-state index >= 15 is 0 Å². The van der Waals surface area contributed by atoms with Crippen LogP contribution in [0.25, 0.3) is 0 Å². The Morgan fingerprint density at radius 2 is 0.521 bits per heavy atom. The second-order valence-electron chi connectivity index (χ2n) is 10.8. The molecule has 0 aliphatic rings. The number of carboxylic acid groups (broad SMARTS) is 8. The monoisotopic (exact) mass is 1130 g/mol. The number of carbonyl (C=O) groups is 8. The molecule has 4 aromatic rings. The number of aromatic nitrogens is 4. The topological polar surface area (TPSA) is 785 Å². The number of carboxylic acids is 8. The molecule has 4 aromatic heterocycles. The summed E-state index contributed by atoms with van der Waals surface area (Å²) in [6, 6.07) is 5.97. The first kappa shape index (κ1) is 89.9. The van der Waals surface area contributed by atoms with E-state index in [0.29, 0.717) is 12.1 Å². The zero-order valence-corrected chi connectivity index (χ0v) is 42.6. The van der Waals surface area contributed by atoms with E-state index in [2.05, 4.69) is 42.9 Å². The largest absolute Gasteiger partial charge is 2.00 e. The molecule has 0 aromatic carbocycles. The number of hydrogen-bond donors (Lipinski definition) is 8. The van der Waals surface area contributed by atoms with Crippen molar-refractivity contribution in [3.8, 4) is 23.0 Å². The van der Waals surface area contributed by atoms with Gasteiger partial charge in [-0.15, -0.1) is 11.5 Å². The van der Waals surface area contributed by atoms with E-state index in [9.17, 15) is 79.2 Å². The van der Waals surface area contributed by atoms with Gasteiger partial charge in [-0.1, -0.05) is 0 Å². The number of nitrogens with zero attached hydrogens (tertiary/aromatic N) is 4. The second kappa shape index (κ2) is 47.4. The molecule has 71 heavy (non-hydrogen) atoms. The van der Waals surface area contributed by atoms with Crippen LogP contribution in [0.3, 0.4) is 0 Å². The molecular formula is C34H50N8O27Zn2. The Kier molecular flexibility index (Phi) is 60.0. The predicted octanol–water partition coefficient (Wildman–Crippen LogP) is -18.6. The molecule has 0 radical (unpaired) electrons. The SMILES string of the molecule is O.O.O.O.O.O.O.O=C([O-])c1cc(O)cc(C(=O)[O-])n1.O=C([O-])c1cc(O)cc(C(=O)[O-])n1.O=C([O-])c1cc([O-])cc(C(=O)O)n1.O=C([O-])c1cc([O-])cc(C(=O)O)n1.[NH3+]CCC[NH3+].[NH3+]CCC[NH3+].[Zn+2].[Zn+2]. The molecule has 0 aliphatic carbocycles. The van der Waals surface area contributed by atoms with Gasteiger partial charge in [-0.2, -0.15) is 0 Å². The number of hydrogen-bond acceptors (Lipinski definition) is 22. The molecule has 0 atom stereocenters. The van der Waals surface area contributed by atoms with Crippen molar-refractivity contribution in [3.05, 3.63) is 94.1 Å². The smallest absolute Gasteiger partial charge is 0.872 e. The van der Waals surface area contributed by atoms with E-state index in [-0.39, 0.29) is 77.3 Å². The van der Waals surface area contributed by atoms with Crippen molar-refractivity contribution in [2.24, 2.45) is 0 Å². The van der Waals surface area contributed by atoms with Crippen LogP contribution in [0.5, 0.6) is 23.0 Å². The van der Waals surface area contributed by atoms with Crippen molar-refractivity contribution in [1.82, 2.24) is 19.9 Å². The summed E-state index contributed by atoms with van der Waals surface area (Å²) in [5.41, 5.74) is 9.37. The van der Waals surface area contributed by atoms with E-state index in [1.165, 1.54) is 12.8 Å². The van der Waals surface area contributed by atoms with Crippen molar-refractivity contribution >= 4 is 47.8 Å². The van der Waals surface area contributed by atoms with Crippen molar-refractivity contribution in [2.45, 2.75) is 12.8 Å². The average molecular weight is 1130 g/mol. The van der Waals surface area contributed by atoms with Gasteiger partial charge in [0.2, 0.25) is 0 Å². The summed E-state index contributed by atoms with van der Waals surface area (Å²) < 4.78 is 0. The molecule has 0 aliphatic heterocycles. The van der Waals surface area contributed by atoms with Crippen LogP contribution in [-0.2, 0) is 39.0 Å². The predicted molar refractivity (Wildman–Crippen MR) is 205 cm³/mol. The zero-order valence-electron chi connectivity index (χ0n) is 36.7. The average Bonchev–Trinajstić information content (AvgIpc) is 3.18. The molecule has 0 fully saturated rings. The van der Waals surface area contributed by atoms with Crippen LogP contribution in [0.4, 0.5) is 0 Å². The van der Waals surface area contributed by atoms with E-state index in [0.717, 1.165) is 62.6 Å². The van der Waals surface area contributed by atoms with Crippen molar-refractivity contribution in [3.63, 3.8) is 0 Å². The Morgan fingerprint density at radius 3 is 0.662 bits per heavy atom. The van der Waals surface area contributed by atoms with Crippen LogP contribution >= 0.6 is 0 Å². The third kappa shape index (κ3) is 39.0. The Bertz CT molecular complexity index is 1790. The van der Waals surface area contributed by atoms with Gasteiger partial charge in [-0.3, -0.25) is 0 Å². The van der Waals surface area contributed by atoms with Gasteiger partial charge in [0.15, 0.2) is 0 Å². The van der Waals surface area contributed by atoms with Crippen molar-refractivity contribution in [2.75, 3.05) is 26.2 Å². The van der Waals surface area contributed by atoms with E-state index in [4.69, 9.17) is 20.4 Å². The molecule has 37 heteroatoms. The Morgan fingerprint density at radius 1 is 0.366 bits per heavy atom. The fourth-order valence-corrected chi connectivity index (χ4v) is 3.24. The molecule has 0 unspecified atom stereocenters. The third-order valence-corrected chi connectivity index (χ3v) is 5.91. The Labute approximate surface area is 422 Å². The molecule has 4 heterocycles. The normalized spacial score (nSPS) is 8.17. The number of quaternary nitrogens is 4. The molecule has 0 bridgehead atoms. The molecule has 0 amide bonds. The summed E-state index contributed by atoms with van der Waals surface area (Å²) in [5.74, 6) is -15.4. The zero-order chi connectivity index (χ0) is 48.3. The van der Waals surface area contributed by atoms with E-state index < -0.39 is 116 Å². The van der Waals surface area contributed by atoms with Gasteiger partial charge >= 0.3 is 50.9 Å². The summed E-state index contributed by atoms with van der Waals surface area (Å²) >= 11 is 0. The maximum atomic E-state index is 10.7. The minimum absolute atomic E-state index is 0. The van der Waals surface area contributed by atoms with Crippen molar-refractivity contribution in [1.29, 1.82) is 0 Å². The molecule has 30 N–H and O–H groups in total. The first-order chi connectivity index (χ1) is 28.8. The van der Waals surface area contributed by atoms with E-state index in [1.807, 2.05) is 0 Å². The summed E-state index contributed by atoms with van der Waals surface area (Å²) in [4.78, 5) is 94.6.